The summed E-state index contributed by atoms with van der Waals surface area (Å²) in [5.74, 6) is 0. The van der Waals surface area contributed by atoms with E-state index < -0.39 is 10.0 Å². The summed E-state index contributed by atoms with van der Waals surface area (Å²) >= 11 is 3.30. The molecule has 20 heavy (non-hydrogen) atoms. The number of hydrogen-bond acceptors (Lipinski definition) is 3. The predicted octanol–water partition coefficient (Wildman–Crippen LogP) is 3.37. The molecular weight excluding hydrogens is 340 g/mol. The van der Waals surface area contributed by atoms with Gasteiger partial charge in [0.2, 0.25) is 10.0 Å². The van der Waals surface area contributed by atoms with Gasteiger partial charge in [-0.05, 0) is 53.4 Å². The first kappa shape index (κ1) is 15.8. The number of halogens is 1. The number of anilines is 1. The van der Waals surface area contributed by atoms with E-state index in [-0.39, 0.29) is 6.04 Å². The van der Waals surface area contributed by atoms with Crippen molar-refractivity contribution in [1.82, 2.24) is 4.31 Å². The zero-order valence-electron chi connectivity index (χ0n) is 11.7. The zero-order chi connectivity index (χ0) is 14.8. The van der Waals surface area contributed by atoms with Crippen molar-refractivity contribution in [3.8, 4) is 0 Å². The molecule has 0 spiro atoms. The third-order valence-electron chi connectivity index (χ3n) is 3.77. The smallest absolute Gasteiger partial charge is 0.243 e. The van der Waals surface area contributed by atoms with Gasteiger partial charge in [-0.25, -0.2) is 8.42 Å². The molecule has 1 saturated heterocycles. The van der Waals surface area contributed by atoms with Crippen LogP contribution < -0.4 is 5.73 Å². The standard InChI is InChI=1S/C14H21BrN2O2S/c1-2-5-11-6-3-4-9-17(11)20(18,19)12-7-8-14(16)13(15)10-12/h7-8,10-11H,2-6,9,16H2,1H3. The molecule has 0 amide bonds. The van der Waals surface area contributed by atoms with Crippen LogP contribution in [0.2, 0.25) is 0 Å². The lowest BCUT2D eigenvalue weighted by molar-refractivity contribution is 0.239. The van der Waals surface area contributed by atoms with Crippen LogP contribution in [0.3, 0.4) is 0 Å². The van der Waals surface area contributed by atoms with E-state index in [0.29, 0.717) is 21.6 Å². The van der Waals surface area contributed by atoms with Crippen molar-refractivity contribution >= 4 is 31.6 Å². The molecule has 2 N–H and O–H groups in total. The van der Waals surface area contributed by atoms with Crippen LogP contribution in [0.4, 0.5) is 5.69 Å². The highest BCUT2D eigenvalue weighted by atomic mass is 79.9. The van der Waals surface area contributed by atoms with Crippen molar-refractivity contribution in [2.75, 3.05) is 12.3 Å². The Kier molecular flexibility index (Phi) is 5.09. The highest BCUT2D eigenvalue weighted by Gasteiger charge is 2.33. The van der Waals surface area contributed by atoms with Gasteiger partial charge in [0.15, 0.2) is 0 Å². The molecule has 1 atom stereocenters. The summed E-state index contributed by atoms with van der Waals surface area (Å²) in [5, 5.41) is 0. The first-order valence-electron chi connectivity index (χ1n) is 7.03. The second-order valence-corrected chi connectivity index (χ2v) is 7.98. The van der Waals surface area contributed by atoms with Crippen molar-refractivity contribution in [1.29, 1.82) is 0 Å². The van der Waals surface area contributed by atoms with E-state index in [2.05, 4.69) is 22.9 Å². The molecule has 1 aromatic carbocycles. The number of piperidine rings is 1. The molecule has 0 bridgehead atoms. The molecule has 1 aliphatic heterocycles. The molecule has 112 valence electrons. The van der Waals surface area contributed by atoms with Gasteiger partial charge in [-0.3, -0.25) is 0 Å². The maximum absolute atomic E-state index is 12.8. The molecule has 0 aliphatic carbocycles. The molecule has 1 fully saturated rings. The summed E-state index contributed by atoms with van der Waals surface area (Å²) < 4.78 is 27.9. The Labute approximate surface area is 129 Å². The first-order valence-corrected chi connectivity index (χ1v) is 9.27. The molecule has 4 nitrogen and oxygen atoms in total. The molecule has 0 radical (unpaired) electrons. The molecule has 2 rings (SSSR count). The van der Waals surface area contributed by atoms with Gasteiger partial charge in [0, 0.05) is 22.7 Å². The number of hydrogen-bond donors (Lipinski definition) is 1. The fourth-order valence-electron chi connectivity index (χ4n) is 2.72. The van der Waals surface area contributed by atoms with E-state index in [0.717, 1.165) is 32.1 Å². The van der Waals surface area contributed by atoms with Gasteiger partial charge in [-0.2, -0.15) is 4.31 Å². The van der Waals surface area contributed by atoms with Crippen molar-refractivity contribution in [3.63, 3.8) is 0 Å². The van der Waals surface area contributed by atoms with Crippen molar-refractivity contribution in [3.05, 3.63) is 22.7 Å². The highest BCUT2D eigenvalue weighted by Crippen LogP contribution is 2.30. The minimum Gasteiger partial charge on any atom is -0.398 e. The normalized spacial score (nSPS) is 21.0. The van der Waals surface area contributed by atoms with Crippen LogP contribution in [0.1, 0.15) is 39.0 Å². The SMILES string of the molecule is CCCC1CCCCN1S(=O)(=O)c1ccc(N)c(Br)c1. The Morgan fingerprint density at radius 1 is 1.40 bits per heavy atom. The molecule has 1 aromatic rings. The van der Waals surface area contributed by atoms with Gasteiger partial charge in [0.1, 0.15) is 0 Å². The van der Waals surface area contributed by atoms with Crippen LogP contribution in [0.25, 0.3) is 0 Å². The minimum atomic E-state index is -3.42. The Morgan fingerprint density at radius 2 is 2.15 bits per heavy atom. The quantitative estimate of drug-likeness (QED) is 0.837. The number of rotatable bonds is 4. The second-order valence-electron chi connectivity index (χ2n) is 5.24. The Bertz CT molecular complexity index is 573. The first-order chi connectivity index (χ1) is 9.46. The molecular formula is C14H21BrN2O2S. The van der Waals surface area contributed by atoms with Crippen LogP contribution in [0.15, 0.2) is 27.6 Å². The lowest BCUT2D eigenvalue weighted by atomic mass is 10.0. The van der Waals surface area contributed by atoms with E-state index in [4.69, 9.17) is 5.73 Å². The summed E-state index contributed by atoms with van der Waals surface area (Å²) in [5.41, 5.74) is 6.28. The molecule has 1 unspecified atom stereocenters. The number of nitrogens with two attached hydrogens (primary N) is 1. The largest absolute Gasteiger partial charge is 0.398 e. The number of nitrogens with zero attached hydrogens (tertiary/aromatic N) is 1. The summed E-state index contributed by atoms with van der Waals surface area (Å²) in [6.45, 7) is 2.72. The van der Waals surface area contributed by atoms with E-state index in [1.54, 1.807) is 22.5 Å². The van der Waals surface area contributed by atoms with Crippen LogP contribution in [-0.4, -0.2) is 25.3 Å². The Balaban J connectivity index is 2.34. The van der Waals surface area contributed by atoms with Crippen LogP contribution >= 0.6 is 15.9 Å². The van der Waals surface area contributed by atoms with Crippen molar-refractivity contribution in [2.24, 2.45) is 0 Å². The van der Waals surface area contributed by atoms with E-state index in [1.165, 1.54) is 0 Å². The summed E-state index contributed by atoms with van der Waals surface area (Å²) in [7, 11) is -3.42. The van der Waals surface area contributed by atoms with Gasteiger partial charge in [-0.1, -0.05) is 19.8 Å². The fraction of sp³-hybridized carbons (Fsp3) is 0.571. The fourth-order valence-corrected chi connectivity index (χ4v) is 5.00. The van der Waals surface area contributed by atoms with Crippen molar-refractivity contribution in [2.45, 2.75) is 50.0 Å². The van der Waals surface area contributed by atoms with Crippen molar-refractivity contribution < 1.29 is 8.42 Å². The highest BCUT2D eigenvalue weighted by molar-refractivity contribution is 9.10. The lowest BCUT2D eigenvalue weighted by Crippen LogP contribution is -2.43. The van der Waals surface area contributed by atoms with Gasteiger partial charge >= 0.3 is 0 Å². The topological polar surface area (TPSA) is 63.4 Å². The predicted molar refractivity (Wildman–Crippen MR) is 85.0 cm³/mol. The average Bonchev–Trinajstić information content (AvgIpc) is 2.42. The van der Waals surface area contributed by atoms with E-state index in [1.807, 2.05) is 0 Å². The van der Waals surface area contributed by atoms with Crippen LogP contribution in [-0.2, 0) is 10.0 Å². The molecule has 1 aliphatic rings. The zero-order valence-corrected chi connectivity index (χ0v) is 14.1. The molecule has 0 aromatic heterocycles. The monoisotopic (exact) mass is 360 g/mol. The third-order valence-corrected chi connectivity index (χ3v) is 6.41. The maximum atomic E-state index is 12.8. The van der Waals surface area contributed by atoms with Gasteiger partial charge in [-0.15, -0.1) is 0 Å². The van der Waals surface area contributed by atoms with Gasteiger partial charge in [0.25, 0.3) is 0 Å². The maximum Gasteiger partial charge on any atom is 0.243 e. The Hall–Kier alpha value is -0.590. The van der Waals surface area contributed by atoms with Gasteiger partial charge < -0.3 is 5.73 Å². The lowest BCUT2D eigenvalue weighted by Gasteiger charge is -2.34. The number of nitrogen functional groups attached to an aromatic ring is 1. The van der Waals surface area contributed by atoms with E-state index >= 15 is 0 Å². The van der Waals surface area contributed by atoms with E-state index in [9.17, 15) is 8.42 Å². The molecule has 1 heterocycles. The summed E-state index contributed by atoms with van der Waals surface area (Å²) in [4.78, 5) is 0.321. The summed E-state index contributed by atoms with van der Waals surface area (Å²) in [6, 6.07) is 4.96. The summed E-state index contributed by atoms with van der Waals surface area (Å²) in [6.07, 6.45) is 4.94. The number of sulfonamides is 1. The Morgan fingerprint density at radius 3 is 2.80 bits per heavy atom. The number of benzene rings is 1. The van der Waals surface area contributed by atoms with Gasteiger partial charge in [0.05, 0.1) is 4.90 Å². The van der Waals surface area contributed by atoms with Crippen LogP contribution in [0, 0.1) is 0 Å². The average molecular weight is 361 g/mol. The minimum absolute atomic E-state index is 0.134. The van der Waals surface area contributed by atoms with Crippen LogP contribution in [0.5, 0.6) is 0 Å². The molecule has 6 heteroatoms. The third kappa shape index (κ3) is 3.18. The second kappa shape index (κ2) is 6.45. The molecule has 0 saturated carbocycles.